The molecule has 13 heterocycles. The van der Waals surface area contributed by atoms with E-state index in [1.54, 1.807) is 89.2 Å². The van der Waals surface area contributed by atoms with Gasteiger partial charge in [0.1, 0.15) is 55.5 Å². The number of amides is 4. The summed E-state index contributed by atoms with van der Waals surface area (Å²) in [6.07, 6.45) is 21.4. The molecule has 0 bridgehead atoms. The van der Waals surface area contributed by atoms with E-state index in [1.165, 1.54) is 61.7 Å². The molecular formula is C106H143I3N32O8. The number of alkyl halides is 3. The summed E-state index contributed by atoms with van der Waals surface area (Å²) in [7, 11) is 0. The average molecular weight is 2370 g/mol. The minimum Gasteiger partial charge on any atom is -0.444 e. The van der Waals surface area contributed by atoms with Crippen molar-refractivity contribution in [2.45, 2.75) is 241 Å². The average Bonchev–Trinajstić information content (AvgIpc) is 1.64. The van der Waals surface area contributed by atoms with Crippen LogP contribution < -0.4 is 52.3 Å². The minimum atomic E-state index is -0.839. The number of alkyl carbamates (subject to hydrolysis) is 2. The number of aromatic nitrogens is 17. The van der Waals surface area contributed by atoms with Gasteiger partial charge in [0.05, 0.1) is 55.7 Å². The monoisotopic (exact) mass is 2370 g/mol. The summed E-state index contributed by atoms with van der Waals surface area (Å²) in [5, 5.41) is 49.3. The fraction of sp³-hybridized carbons (Fsp3) is 0.509. The number of carbonyl (C=O) groups excluding carboxylic acids is 4. The van der Waals surface area contributed by atoms with Gasteiger partial charge in [0.25, 0.3) is 0 Å². The molecule has 6 atom stereocenters. The van der Waals surface area contributed by atoms with Crippen molar-refractivity contribution in [2.24, 2.45) is 33.5 Å². The summed E-state index contributed by atoms with van der Waals surface area (Å²) in [6, 6.07) is 34.1. The molecule has 0 radical (unpaired) electrons. The third-order valence-corrected chi connectivity index (χ3v) is 25.7. The number of hydrogen-bond acceptors (Lipinski definition) is 29. The molecule has 9 N–H and O–H groups in total. The van der Waals surface area contributed by atoms with Crippen molar-refractivity contribution in [3.8, 4) is 0 Å². The van der Waals surface area contributed by atoms with Crippen molar-refractivity contribution in [1.29, 1.82) is 5.41 Å². The zero-order valence-electron chi connectivity index (χ0n) is 88.8. The fourth-order valence-corrected chi connectivity index (χ4v) is 17.4. The van der Waals surface area contributed by atoms with E-state index in [2.05, 4.69) is 241 Å². The van der Waals surface area contributed by atoms with Gasteiger partial charge in [-0.1, -0.05) is 143 Å². The van der Waals surface area contributed by atoms with E-state index in [-0.39, 0.29) is 54.1 Å². The number of halogens is 3. The summed E-state index contributed by atoms with van der Waals surface area (Å²) in [5.74, 6) is 6.14. The molecule has 3 saturated heterocycles. The number of carbonyl (C=O) groups is 4. The summed E-state index contributed by atoms with van der Waals surface area (Å²) < 4.78 is 29.7. The van der Waals surface area contributed by atoms with Crippen LogP contribution in [-0.2, 0) is 18.9 Å². The van der Waals surface area contributed by atoms with Crippen molar-refractivity contribution >= 4 is 211 Å². The second-order valence-corrected chi connectivity index (χ2v) is 46.3. The van der Waals surface area contributed by atoms with Crippen LogP contribution in [-0.4, -0.2) is 244 Å². The molecular weight excluding hydrogens is 2230 g/mol. The van der Waals surface area contributed by atoms with Crippen LogP contribution in [0.5, 0.6) is 0 Å². The number of nitrogens with two attached hydrogens (primary N) is 1. The van der Waals surface area contributed by atoms with E-state index in [1.807, 2.05) is 86.9 Å². The standard InChI is InChI=1S/C37H50N10O4.C27H34N10.C26H32N8.C14H22N4O4.CH2I2.CH3I/c1-9-23(2)47-30-28(22-39-47)40-32(42-31(30)41-29(24-14-15-24)26-20-25-12-10-11-13-27(25)38-21-26)45-16-18-46(19-17-45)33(43-34(48)50-36(3,4)5)44-35(49)51-37(6,7)8;1-3-17(2)37-24-22(16-31-37)32-27(36-12-10-35(11-13-36)26(28)29)34-25(24)33-23(18-8-9-18)20-14-19-6-4-5-7-21(19)30-15-20;1-3-17(2)34-24-22(16-29-34)30-26(33-12-10-27-11-13-33)32-25(24)31-23(18-8-9-18)20-14-19-6-4-5-7-21(19)28-15-20;1-13(2,3)21-11(19)16-10(18-9-7-8-15-18)17-12(20)22-14(4,5)6;2-1-3;1-2/h10-13,20-24,29H,9,14-19H2,1-8H3,(H,40,41,42)(H,43,44,48,49);4-7,14-18,23H,3,8-13H2,1-2H3,(H3,28,29)(H,32,33,34);4-7,14-18,23,27H,3,8-13H2,1-2H3,(H,30,31,32);7-9H,1-6H3,(H,16,17,19,20);1H2;1H3/t23?,29-;2*17?,23-;;;/m111.../s1. The van der Waals surface area contributed by atoms with E-state index in [4.69, 9.17) is 90.2 Å². The highest BCUT2D eigenvalue weighted by molar-refractivity contribution is 14.2. The molecule has 3 saturated carbocycles. The second-order valence-electron chi connectivity index (χ2n) is 41.8. The first kappa shape index (κ1) is 112. The van der Waals surface area contributed by atoms with Crippen molar-refractivity contribution in [2.75, 3.05) is 117 Å². The predicted molar refractivity (Wildman–Crippen MR) is 615 cm³/mol. The molecule has 149 heavy (non-hydrogen) atoms. The van der Waals surface area contributed by atoms with Gasteiger partial charge in [-0.2, -0.15) is 35.3 Å². The minimum absolute atomic E-state index is 0.0238. The lowest BCUT2D eigenvalue weighted by Crippen LogP contribution is -2.54. The van der Waals surface area contributed by atoms with E-state index >= 15 is 0 Å². The van der Waals surface area contributed by atoms with Gasteiger partial charge in [-0.15, -0.1) is 9.98 Å². The number of anilines is 6. The molecule has 13 aromatic rings. The molecule has 10 aromatic heterocycles. The predicted octanol–water partition coefficient (Wildman–Crippen LogP) is 20.5. The van der Waals surface area contributed by atoms with Crippen LogP contribution in [0.2, 0.25) is 0 Å². The van der Waals surface area contributed by atoms with Crippen molar-refractivity contribution in [3.05, 3.63) is 163 Å². The lowest BCUT2D eigenvalue weighted by molar-refractivity contribution is 0.0538. The smallest absolute Gasteiger partial charge is 0.437 e. The van der Waals surface area contributed by atoms with Crippen molar-refractivity contribution in [1.82, 2.24) is 110 Å². The van der Waals surface area contributed by atoms with Gasteiger partial charge in [0.15, 0.2) is 23.4 Å². The summed E-state index contributed by atoms with van der Waals surface area (Å²) in [6.45, 7) is 42.3. The summed E-state index contributed by atoms with van der Waals surface area (Å²) in [4.78, 5) is 114. The first-order chi connectivity index (χ1) is 71.3. The third-order valence-electron chi connectivity index (χ3n) is 25.7. The van der Waals surface area contributed by atoms with Gasteiger partial charge in [-0.05, 0) is 243 Å². The van der Waals surface area contributed by atoms with E-state index in [9.17, 15) is 19.2 Å². The number of para-hydroxylation sites is 3. The molecule has 19 rings (SSSR count). The third kappa shape index (κ3) is 30.7. The highest BCUT2D eigenvalue weighted by Crippen LogP contribution is 2.48. The van der Waals surface area contributed by atoms with Crippen LogP contribution in [0, 0.1) is 23.2 Å². The Balaban J connectivity index is 0.000000160. The molecule has 796 valence electrons. The summed E-state index contributed by atoms with van der Waals surface area (Å²) in [5.41, 5.74) is 14.7. The van der Waals surface area contributed by atoms with Crippen LogP contribution in [0.1, 0.15) is 235 Å². The topological polar surface area (TPSA) is 455 Å². The molecule has 40 nitrogen and oxygen atoms in total. The van der Waals surface area contributed by atoms with Gasteiger partial charge >= 0.3 is 24.4 Å². The highest BCUT2D eigenvalue weighted by atomic mass is 127. The van der Waals surface area contributed by atoms with Crippen LogP contribution in [0.3, 0.4) is 0 Å². The van der Waals surface area contributed by atoms with Crippen LogP contribution in [0.25, 0.3) is 65.8 Å². The lowest BCUT2D eigenvalue weighted by Gasteiger charge is -2.36. The Morgan fingerprint density at radius 3 is 1.05 bits per heavy atom. The number of hydrogen-bond donors (Lipinski definition) is 8. The number of benzene rings is 3. The molecule has 3 unspecified atom stereocenters. The van der Waals surface area contributed by atoms with E-state index in [0.717, 1.165) is 148 Å². The fourth-order valence-electron chi connectivity index (χ4n) is 17.4. The number of piperazine rings is 3. The van der Waals surface area contributed by atoms with Crippen LogP contribution in [0.4, 0.5) is 54.5 Å². The van der Waals surface area contributed by atoms with Crippen molar-refractivity contribution in [3.63, 3.8) is 0 Å². The molecule has 0 spiro atoms. The zero-order chi connectivity index (χ0) is 107. The Kier molecular flexibility index (Phi) is 38.0. The van der Waals surface area contributed by atoms with Gasteiger partial charge in [-0.3, -0.25) is 45.0 Å². The summed E-state index contributed by atoms with van der Waals surface area (Å²) >= 11 is 6.70. The Labute approximate surface area is 911 Å². The Bertz CT molecular complexity index is 6800. The van der Waals surface area contributed by atoms with Crippen LogP contribution in [0.15, 0.2) is 157 Å². The van der Waals surface area contributed by atoms with Gasteiger partial charge < -0.3 is 70.4 Å². The number of nitrogens with one attached hydrogen (secondary N) is 7. The number of nitrogens with zero attached hydrogens (tertiary/aromatic N) is 24. The zero-order valence-corrected chi connectivity index (χ0v) is 95.3. The Morgan fingerprint density at radius 2 is 0.745 bits per heavy atom. The molecule has 3 aliphatic carbocycles. The maximum Gasteiger partial charge on any atom is 0.437 e. The van der Waals surface area contributed by atoms with Crippen molar-refractivity contribution < 1.29 is 38.1 Å². The number of ether oxygens (including phenoxy) is 4. The number of rotatable bonds is 21. The molecule has 6 aliphatic rings. The number of fused-ring (bicyclic) bond motifs is 6. The normalized spacial score (nSPS) is 16.5. The molecule has 6 fully saturated rings. The first-order valence-electron chi connectivity index (χ1n) is 51.3. The van der Waals surface area contributed by atoms with E-state index < -0.39 is 46.8 Å². The van der Waals surface area contributed by atoms with E-state index in [0.29, 0.717) is 82.0 Å². The molecule has 3 aromatic carbocycles. The lowest BCUT2D eigenvalue weighted by atomic mass is 10.0. The Hall–Kier alpha value is -12.4. The molecule has 4 amide bonds. The molecule has 43 heteroatoms. The van der Waals surface area contributed by atoms with Gasteiger partial charge in [0, 0.05) is 144 Å². The van der Waals surface area contributed by atoms with Gasteiger partial charge in [0.2, 0.25) is 29.8 Å². The largest absolute Gasteiger partial charge is 0.444 e. The highest BCUT2D eigenvalue weighted by Gasteiger charge is 2.40. The second kappa shape index (κ2) is 50.5. The number of pyridine rings is 3. The molecule has 3 aliphatic heterocycles. The Morgan fingerprint density at radius 1 is 0.430 bits per heavy atom. The maximum absolute atomic E-state index is 12.8. The number of guanidine groups is 2. The quantitative estimate of drug-likeness (QED) is 0.0109. The first-order valence-corrected chi connectivity index (χ1v) is 56.5. The van der Waals surface area contributed by atoms with Gasteiger partial charge in [-0.25, -0.2) is 38.8 Å². The SMILES string of the molecule is CC(C)(C)OC(=O)N=C(NC(=O)OC(C)(C)C)n1cccn1.CCC(C)n1ncc2nc(N3CCN(C(=N)N)CC3)nc(N[C@@H](c3cnc4ccccc4c3)C3CC3)c21.CCC(C)n1ncc2nc(N3CCN(C(=NC(=O)OC(C)(C)C)NC(=O)OC(C)(C)C)CC3)nc(N[C@@H](c3cnc4ccccc4c3)C3CC3)c21.CCC(C)n1ncc2nc(N3CCNCC3)nc(N[C@@H](c3cnc4ccccc4c3)C3CC3)c21.CI.ICI. The number of aliphatic imine (C=N–C) groups is 2. The maximum atomic E-state index is 12.8. The van der Waals surface area contributed by atoms with Crippen LogP contribution >= 0.6 is 67.8 Å².